The van der Waals surface area contributed by atoms with E-state index in [0.29, 0.717) is 0 Å². The number of hydrogen-bond donors (Lipinski definition) is 2. The van der Waals surface area contributed by atoms with Crippen molar-refractivity contribution < 1.29 is 14.0 Å². The van der Waals surface area contributed by atoms with Crippen LogP contribution in [0.15, 0.2) is 22.8 Å². The van der Waals surface area contributed by atoms with Crippen LogP contribution < -0.4 is 11.2 Å². The quantitative estimate of drug-likeness (QED) is 0.597. The Kier molecular flexibility index (Phi) is 2.53. The first-order valence-corrected chi connectivity index (χ1v) is 3.49. The lowest BCUT2D eigenvalue weighted by molar-refractivity contribution is 0.0830. The fourth-order valence-corrected chi connectivity index (χ4v) is 0.670. The zero-order valence-corrected chi connectivity index (χ0v) is 6.98. The number of carbonyl (C=O) groups is 2. The molecule has 0 aromatic carbocycles. The first-order valence-electron chi connectivity index (χ1n) is 3.49. The average molecular weight is 183 g/mol. The van der Waals surface area contributed by atoms with Crippen LogP contribution in [0.1, 0.15) is 10.6 Å². The monoisotopic (exact) mass is 183 g/mol. The van der Waals surface area contributed by atoms with Crippen LogP contribution in [0, 0.1) is 0 Å². The van der Waals surface area contributed by atoms with Gasteiger partial charge in [-0.15, -0.1) is 0 Å². The van der Waals surface area contributed by atoms with E-state index in [2.05, 4.69) is 5.43 Å². The summed E-state index contributed by atoms with van der Waals surface area (Å²) in [5.41, 5.74) is 7.09. The Hall–Kier alpha value is -1.98. The van der Waals surface area contributed by atoms with E-state index < -0.39 is 11.9 Å². The second-order valence-electron chi connectivity index (χ2n) is 2.32. The number of rotatable bonds is 1. The lowest BCUT2D eigenvalue weighted by Crippen LogP contribution is -2.45. The van der Waals surface area contributed by atoms with Crippen LogP contribution in [0.25, 0.3) is 0 Å². The topological polar surface area (TPSA) is 88.6 Å². The predicted molar refractivity (Wildman–Crippen MR) is 43.5 cm³/mol. The number of hydrogen-bond acceptors (Lipinski definition) is 3. The number of amides is 3. The van der Waals surface area contributed by atoms with Crippen molar-refractivity contribution >= 4 is 11.9 Å². The maximum atomic E-state index is 11.2. The minimum absolute atomic E-state index is 0.119. The van der Waals surface area contributed by atoms with Gasteiger partial charge in [0.15, 0.2) is 5.76 Å². The zero-order valence-electron chi connectivity index (χ0n) is 6.98. The standard InChI is InChI=1S/C7H9N3O3/c1-10(7(8)12)9-6(11)5-3-2-4-13-5/h2-4H,1H3,(H2,8,12)(H,9,11). The molecule has 0 bridgehead atoms. The van der Waals surface area contributed by atoms with Gasteiger partial charge in [-0.05, 0) is 12.1 Å². The average Bonchev–Trinajstić information content (AvgIpc) is 2.55. The summed E-state index contributed by atoms with van der Waals surface area (Å²) in [4.78, 5) is 21.7. The molecule has 0 saturated heterocycles. The van der Waals surface area contributed by atoms with Gasteiger partial charge in [0.25, 0.3) is 0 Å². The van der Waals surface area contributed by atoms with Gasteiger partial charge in [0.2, 0.25) is 0 Å². The third-order valence-electron chi connectivity index (χ3n) is 1.34. The van der Waals surface area contributed by atoms with Crippen molar-refractivity contribution in [2.24, 2.45) is 5.73 Å². The van der Waals surface area contributed by atoms with Gasteiger partial charge in [0.1, 0.15) is 0 Å². The van der Waals surface area contributed by atoms with E-state index >= 15 is 0 Å². The third-order valence-corrected chi connectivity index (χ3v) is 1.34. The van der Waals surface area contributed by atoms with Gasteiger partial charge in [0, 0.05) is 7.05 Å². The van der Waals surface area contributed by atoms with Crippen molar-refractivity contribution in [1.29, 1.82) is 0 Å². The van der Waals surface area contributed by atoms with Gasteiger partial charge in [-0.25, -0.2) is 9.80 Å². The Bertz CT molecular complexity index is 307. The minimum atomic E-state index is -0.750. The fourth-order valence-electron chi connectivity index (χ4n) is 0.670. The molecule has 0 unspecified atom stereocenters. The summed E-state index contributed by atoms with van der Waals surface area (Å²) in [5, 5.41) is 0.866. The first-order chi connectivity index (χ1) is 6.11. The van der Waals surface area contributed by atoms with Gasteiger partial charge in [-0.3, -0.25) is 10.2 Å². The second-order valence-corrected chi connectivity index (χ2v) is 2.32. The Morgan fingerprint density at radius 3 is 2.77 bits per heavy atom. The molecule has 1 aromatic heterocycles. The molecule has 0 spiro atoms. The van der Waals surface area contributed by atoms with Crippen LogP contribution in [-0.2, 0) is 0 Å². The van der Waals surface area contributed by atoms with Crippen molar-refractivity contribution in [2.45, 2.75) is 0 Å². The molecule has 1 rings (SSSR count). The highest BCUT2D eigenvalue weighted by atomic mass is 16.3. The molecule has 1 aromatic rings. The van der Waals surface area contributed by atoms with E-state index in [9.17, 15) is 9.59 Å². The summed E-state index contributed by atoms with van der Waals surface area (Å²) in [6.45, 7) is 0. The van der Waals surface area contributed by atoms with Crippen LogP contribution in [0.4, 0.5) is 4.79 Å². The van der Waals surface area contributed by atoms with Gasteiger partial charge in [-0.1, -0.05) is 0 Å². The van der Waals surface area contributed by atoms with Crippen LogP contribution in [0.2, 0.25) is 0 Å². The largest absolute Gasteiger partial charge is 0.459 e. The smallest absolute Gasteiger partial charge is 0.333 e. The Morgan fingerprint density at radius 1 is 1.62 bits per heavy atom. The summed E-state index contributed by atoms with van der Waals surface area (Å²) in [5.74, 6) is -0.403. The molecular weight excluding hydrogens is 174 g/mol. The molecule has 1 heterocycles. The highest BCUT2D eigenvalue weighted by Crippen LogP contribution is 1.98. The molecule has 6 nitrogen and oxygen atoms in total. The van der Waals surface area contributed by atoms with Crippen molar-refractivity contribution in [3.8, 4) is 0 Å². The first kappa shape index (κ1) is 9.11. The molecule has 0 radical (unpaired) electrons. The Morgan fingerprint density at radius 2 is 2.31 bits per heavy atom. The molecule has 3 amide bonds. The molecule has 0 atom stereocenters. The van der Waals surface area contributed by atoms with Crippen molar-refractivity contribution in [2.75, 3.05) is 7.05 Å². The number of furan rings is 1. The van der Waals surface area contributed by atoms with Gasteiger partial charge < -0.3 is 10.2 Å². The van der Waals surface area contributed by atoms with E-state index in [1.807, 2.05) is 0 Å². The SMILES string of the molecule is CN(NC(=O)c1ccco1)C(N)=O. The molecule has 0 aliphatic rings. The molecule has 0 saturated carbocycles. The number of primary amides is 1. The molecule has 0 aliphatic carbocycles. The predicted octanol–water partition coefficient (Wildman–Crippen LogP) is -0.0651. The van der Waals surface area contributed by atoms with Gasteiger partial charge in [-0.2, -0.15) is 0 Å². The summed E-state index contributed by atoms with van der Waals surface area (Å²) < 4.78 is 4.79. The van der Waals surface area contributed by atoms with Crippen molar-refractivity contribution in [3.05, 3.63) is 24.2 Å². The fraction of sp³-hybridized carbons (Fsp3) is 0.143. The number of carbonyl (C=O) groups excluding carboxylic acids is 2. The molecule has 6 heteroatoms. The Labute approximate surface area is 74.3 Å². The normalized spacial score (nSPS) is 9.31. The summed E-state index contributed by atoms with van der Waals surface area (Å²) in [6.07, 6.45) is 1.36. The van der Waals surface area contributed by atoms with Crippen LogP contribution in [0.3, 0.4) is 0 Å². The van der Waals surface area contributed by atoms with Crippen molar-refractivity contribution in [1.82, 2.24) is 10.4 Å². The number of urea groups is 1. The highest BCUT2D eigenvalue weighted by Gasteiger charge is 2.11. The number of nitrogens with zero attached hydrogens (tertiary/aromatic N) is 1. The van der Waals surface area contributed by atoms with Crippen LogP contribution in [0.5, 0.6) is 0 Å². The van der Waals surface area contributed by atoms with E-state index in [1.54, 1.807) is 6.07 Å². The Balaban J connectivity index is 2.56. The van der Waals surface area contributed by atoms with Gasteiger partial charge >= 0.3 is 11.9 Å². The molecule has 13 heavy (non-hydrogen) atoms. The maximum Gasteiger partial charge on any atom is 0.333 e. The number of nitrogens with one attached hydrogen (secondary N) is 1. The zero-order chi connectivity index (χ0) is 9.84. The van der Waals surface area contributed by atoms with Crippen LogP contribution in [-0.4, -0.2) is 24.0 Å². The molecule has 0 fully saturated rings. The molecule has 3 N–H and O–H groups in total. The summed E-state index contributed by atoms with van der Waals surface area (Å²) >= 11 is 0. The lowest BCUT2D eigenvalue weighted by atomic mass is 10.4. The van der Waals surface area contributed by atoms with Crippen molar-refractivity contribution in [3.63, 3.8) is 0 Å². The molecule has 70 valence electrons. The molecular formula is C7H9N3O3. The summed E-state index contributed by atoms with van der Waals surface area (Å²) in [7, 11) is 1.34. The van der Waals surface area contributed by atoms with E-state index in [0.717, 1.165) is 5.01 Å². The third kappa shape index (κ3) is 2.22. The second kappa shape index (κ2) is 3.61. The lowest BCUT2D eigenvalue weighted by Gasteiger charge is -2.13. The van der Waals surface area contributed by atoms with E-state index in [-0.39, 0.29) is 5.76 Å². The number of nitrogens with two attached hydrogens (primary N) is 1. The number of hydrazine groups is 1. The molecule has 0 aliphatic heterocycles. The summed E-state index contributed by atoms with van der Waals surface area (Å²) in [6, 6.07) is 2.29. The van der Waals surface area contributed by atoms with E-state index in [1.165, 1.54) is 19.4 Å². The van der Waals surface area contributed by atoms with Gasteiger partial charge in [0.05, 0.1) is 6.26 Å². The maximum absolute atomic E-state index is 11.2. The minimum Gasteiger partial charge on any atom is -0.459 e. The highest BCUT2D eigenvalue weighted by molar-refractivity contribution is 5.92. The van der Waals surface area contributed by atoms with E-state index in [4.69, 9.17) is 10.2 Å². The van der Waals surface area contributed by atoms with Crippen LogP contribution >= 0.6 is 0 Å².